The second-order valence-electron chi connectivity index (χ2n) is 7.57. The third kappa shape index (κ3) is 5.15. The summed E-state index contributed by atoms with van der Waals surface area (Å²) in [6.45, 7) is 1.35. The van der Waals surface area contributed by atoms with Crippen LogP contribution in [0.1, 0.15) is 5.56 Å². The van der Waals surface area contributed by atoms with Gasteiger partial charge in [-0.1, -0.05) is 17.7 Å². The summed E-state index contributed by atoms with van der Waals surface area (Å²) in [5, 5.41) is 11.5. The minimum Gasteiger partial charge on any atom is -0.495 e. The van der Waals surface area contributed by atoms with Gasteiger partial charge in [0, 0.05) is 37.4 Å². The molecule has 1 fully saturated rings. The van der Waals surface area contributed by atoms with Gasteiger partial charge in [0.15, 0.2) is 0 Å². The van der Waals surface area contributed by atoms with E-state index < -0.39 is 21.8 Å². The number of anilines is 3. The van der Waals surface area contributed by atoms with Crippen molar-refractivity contribution < 1.29 is 26.3 Å². The Kier molecular flexibility index (Phi) is 6.81. The molecule has 0 spiro atoms. The third-order valence-electron chi connectivity index (χ3n) is 5.30. The minimum absolute atomic E-state index is 0.0115. The molecule has 188 valence electrons. The summed E-state index contributed by atoms with van der Waals surface area (Å²) < 4.78 is 75.4. The van der Waals surface area contributed by atoms with E-state index in [2.05, 4.69) is 25.8 Å². The molecule has 1 aliphatic rings. The molecule has 10 nitrogen and oxygen atoms in total. The van der Waals surface area contributed by atoms with Crippen LogP contribution in [0, 0.1) is 0 Å². The first kappa shape index (κ1) is 25.0. The second kappa shape index (κ2) is 9.53. The van der Waals surface area contributed by atoms with Gasteiger partial charge in [-0.05, 0) is 29.8 Å². The fraction of sp³-hybridized carbons (Fsp3) is 0.300. The van der Waals surface area contributed by atoms with Crippen molar-refractivity contribution in [3.8, 4) is 16.9 Å². The Hall–Kier alpha value is -3.07. The molecule has 1 aliphatic heterocycles. The number of alkyl halides is 3. The zero-order valence-electron chi connectivity index (χ0n) is 18.3. The monoisotopic (exact) mass is 531 g/mol. The molecule has 3 aromatic rings. The Balaban J connectivity index is 1.83. The van der Waals surface area contributed by atoms with Gasteiger partial charge in [-0.25, -0.2) is 13.5 Å². The molecule has 0 aliphatic carbocycles. The van der Waals surface area contributed by atoms with E-state index in [0.29, 0.717) is 13.1 Å². The predicted octanol–water partition coefficient (Wildman–Crippen LogP) is 3.07. The highest BCUT2D eigenvalue weighted by atomic mass is 35.5. The number of aromatic amines is 1. The van der Waals surface area contributed by atoms with Crippen LogP contribution < -0.4 is 21.1 Å². The molecule has 15 heteroatoms. The molecule has 5 N–H and O–H groups in total. The first-order valence-electron chi connectivity index (χ1n) is 10.3. The van der Waals surface area contributed by atoms with Crippen LogP contribution in [0.15, 0.2) is 35.2 Å². The van der Waals surface area contributed by atoms with Crippen LogP contribution in [0.2, 0.25) is 5.02 Å². The Morgan fingerprint density at radius 3 is 2.51 bits per heavy atom. The lowest BCUT2D eigenvalue weighted by molar-refractivity contribution is -0.137. The average molecular weight is 532 g/mol. The van der Waals surface area contributed by atoms with Gasteiger partial charge < -0.3 is 21.1 Å². The number of piperazine rings is 1. The fourth-order valence-electron chi connectivity index (χ4n) is 3.71. The highest BCUT2D eigenvalue weighted by Gasteiger charge is 2.36. The van der Waals surface area contributed by atoms with Crippen LogP contribution in [-0.2, 0) is 16.2 Å². The van der Waals surface area contributed by atoms with Crippen molar-refractivity contribution in [1.82, 2.24) is 24.8 Å². The number of hydrogen-bond donors (Lipinski definition) is 4. The maximum Gasteiger partial charge on any atom is 0.417 e. The standard InChI is InChI=1S/C20H21ClF3N7O3S/c1-34-15-3-2-11(8-16(15)35(32,33)31-6-4-26-5-7-31)17-13(20(22,23)24)9-12(10-14(17)21)27-19-28-18(25)29-30-19/h2-3,8-10,26H,4-7H2,1H3,(H4,25,27,28,29,30). The van der Waals surface area contributed by atoms with Gasteiger partial charge in [-0.15, -0.1) is 5.10 Å². The van der Waals surface area contributed by atoms with Crippen molar-refractivity contribution in [3.63, 3.8) is 0 Å². The first-order chi connectivity index (χ1) is 16.5. The van der Waals surface area contributed by atoms with E-state index in [0.717, 1.165) is 12.1 Å². The maximum atomic E-state index is 14.1. The summed E-state index contributed by atoms with van der Waals surface area (Å²) in [6, 6.07) is 5.88. The van der Waals surface area contributed by atoms with Crippen molar-refractivity contribution in [1.29, 1.82) is 0 Å². The van der Waals surface area contributed by atoms with Gasteiger partial charge in [-0.2, -0.15) is 22.5 Å². The minimum atomic E-state index is -4.81. The quantitative estimate of drug-likeness (QED) is 0.381. The van der Waals surface area contributed by atoms with Crippen LogP contribution >= 0.6 is 11.6 Å². The van der Waals surface area contributed by atoms with Crippen molar-refractivity contribution in [2.24, 2.45) is 0 Å². The van der Waals surface area contributed by atoms with E-state index in [1.54, 1.807) is 0 Å². The third-order valence-corrected chi connectivity index (χ3v) is 7.52. The van der Waals surface area contributed by atoms with Gasteiger partial charge in [0.05, 0.1) is 17.7 Å². The SMILES string of the molecule is COc1ccc(-c2c(Cl)cc(Nc3n[nH]c(N)n3)cc2C(F)(F)F)cc1S(=O)(=O)N1CCNCC1. The van der Waals surface area contributed by atoms with E-state index in [1.165, 1.54) is 29.6 Å². The number of sulfonamides is 1. The molecule has 0 amide bonds. The number of H-pyrrole nitrogens is 1. The molecule has 0 atom stereocenters. The number of nitrogens with one attached hydrogen (secondary N) is 3. The summed E-state index contributed by atoms with van der Waals surface area (Å²) >= 11 is 6.32. The van der Waals surface area contributed by atoms with E-state index in [-0.39, 0.29) is 57.5 Å². The molecule has 4 rings (SSSR count). The zero-order chi connectivity index (χ0) is 25.4. The molecule has 2 heterocycles. The molecule has 2 aromatic carbocycles. The fourth-order valence-corrected chi connectivity index (χ4v) is 5.66. The van der Waals surface area contributed by atoms with Crippen LogP contribution in [0.5, 0.6) is 5.75 Å². The number of rotatable bonds is 6. The molecular weight excluding hydrogens is 511 g/mol. The van der Waals surface area contributed by atoms with Crippen LogP contribution in [-0.4, -0.2) is 61.2 Å². The van der Waals surface area contributed by atoms with Crippen molar-refractivity contribution in [2.75, 3.05) is 44.3 Å². The number of aromatic nitrogens is 3. The van der Waals surface area contributed by atoms with Crippen LogP contribution in [0.4, 0.5) is 30.8 Å². The second-order valence-corrected chi connectivity index (χ2v) is 9.88. The molecule has 35 heavy (non-hydrogen) atoms. The average Bonchev–Trinajstić information content (AvgIpc) is 3.22. The van der Waals surface area contributed by atoms with Gasteiger partial charge in [0.1, 0.15) is 10.6 Å². The largest absolute Gasteiger partial charge is 0.495 e. The Morgan fingerprint density at radius 1 is 1.20 bits per heavy atom. The van der Waals surface area contributed by atoms with E-state index >= 15 is 0 Å². The highest BCUT2D eigenvalue weighted by Crippen LogP contribution is 2.44. The van der Waals surface area contributed by atoms with Crippen molar-refractivity contribution >= 4 is 39.2 Å². The van der Waals surface area contributed by atoms with E-state index in [9.17, 15) is 21.6 Å². The van der Waals surface area contributed by atoms with E-state index in [1.807, 2.05) is 0 Å². The topological polar surface area (TPSA) is 138 Å². The maximum absolute atomic E-state index is 14.1. The number of methoxy groups -OCH3 is 1. The zero-order valence-corrected chi connectivity index (χ0v) is 19.9. The highest BCUT2D eigenvalue weighted by molar-refractivity contribution is 7.89. The lowest BCUT2D eigenvalue weighted by Gasteiger charge is -2.27. The van der Waals surface area contributed by atoms with Crippen LogP contribution in [0.25, 0.3) is 11.1 Å². The predicted molar refractivity (Wildman–Crippen MR) is 124 cm³/mol. The van der Waals surface area contributed by atoms with Gasteiger partial charge in [-0.3, -0.25) is 0 Å². The summed E-state index contributed by atoms with van der Waals surface area (Å²) in [5.41, 5.74) is 3.92. The van der Waals surface area contributed by atoms with Crippen molar-refractivity contribution in [2.45, 2.75) is 11.1 Å². The van der Waals surface area contributed by atoms with Crippen molar-refractivity contribution in [3.05, 3.63) is 40.9 Å². The summed E-state index contributed by atoms with van der Waals surface area (Å²) in [6.07, 6.45) is -4.81. The first-order valence-corrected chi connectivity index (χ1v) is 12.1. The lowest BCUT2D eigenvalue weighted by atomic mass is 9.98. The number of ether oxygens (including phenoxy) is 1. The number of nitrogens with two attached hydrogens (primary N) is 1. The van der Waals surface area contributed by atoms with E-state index in [4.69, 9.17) is 22.1 Å². The number of nitrogens with zero attached hydrogens (tertiary/aromatic N) is 3. The molecule has 0 saturated carbocycles. The molecule has 0 radical (unpaired) electrons. The Bertz CT molecular complexity index is 1340. The number of hydrogen-bond acceptors (Lipinski definition) is 8. The smallest absolute Gasteiger partial charge is 0.417 e. The normalized spacial score (nSPS) is 15.2. The van der Waals surface area contributed by atoms with Crippen LogP contribution in [0.3, 0.4) is 0 Å². The number of halogens is 4. The molecule has 1 saturated heterocycles. The number of nitrogen functional groups attached to an aromatic ring is 1. The van der Waals surface area contributed by atoms with Gasteiger partial charge >= 0.3 is 6.18 Å². The molecule has 0 bridgehead atoms. The van der Waals surface area contributed by atoms with Gasteiger partial charge in [0.25, 0.3) is 0 Å². The molecular formula is C20H21ClF3N7O3S. The summed E-state index contributed by atoms with van der Waals surface area (Å²) in [4.78, 5) is 3.55. The molecule has 0 unspecified atom stereocenters. The Morgan fingerprint density at radius 2 is 1.91 bits per heavy atom. The summed E-state index contributed by atoms with van der Waals surface area (Å²) in [7, 11) is -2.76. The van der Waals surface area contributed by atoms with Gasteiger partial charge in [0.2, 0.25) is 21.9 Å². The molecule has 1 aromatic heterocycles. The lowest BCUT2D eigenvalue weighted by Crippen LogP contribution is -2.46. The summed E-state index contributed by atoms with van der Waals surface area (Å²) in [5.74, 6) is -0.0616. The Labute approximate surface area is 203 Å². The number of benzene rings is 2.